The number of piperidine rings is 1. The van der Waals surface area contributed by atoms with E-state index in [9.17, 15) is 4.79 Å². The van der Waals surface area contributed by atoms with Gasteiger partial charge in [0.25, 0.3) is 5.91 Å². The summed E-state index contributed by atoms with van der Waals surface area (Å²) in [5.41, 5.74) is 7.54. The van der Waals surface area contributed by atoms with Gasteiger partial charge in [0.2, 0.25) is 0 Å². The normalized spacial score (nSPS) is 19.1. The summed E-state index contributed by atoms with van der Waals surface area (Å²) in [7, 11) is 0. The first-order chi connectivity index (χ1) is 9.74. The summed E-state index contributed by atoms with van der Waals surface area (Å²) in [5.74, 6) is 1.98. The second-order valence-corrected chi connectivity index (χ2v) is 6.36. The van der Waals surface area contributed by atoms with Gasteiger partial charge >= 0.3 is 0 Å². The molecule has 1 fully saturated rings. The molecule has 0 unspecified atom stereocenters. The highest BCUT2D eigenvalue weighted by Gasteiger charge is 2.23. The van der Waals surface area contributed by atoms with Crippen molar-refractivity contribution < 1.29 is 4.79 Å². The minimum absolute atomic E-state index is 0.176. The Labute approximate surface area is 125 Å². The Kier molecular flexibility index (Phi) is 5.92. The van der Waals surface area contributed by atoms with Crippen LogP contribution >= 0.6 is 11.8 Å². The molecule has 1 atom stereocenters. The zero-order valence-electron chi connectivity index (χ0n) is 12.2. The van der Waals surface area contributed by atoms with Crippen LogP contribution in [0.25, 0.3) is 0 Å². The van der Waals surface area contributed by atoms with Crippen LogP contribution in [0.2, 0.25) is 0 Å². The van der Waals surface area contributed by atoms with Crippen LogP contribution in [0.1, 0.15) is 28.8 Å². The lowest BCUT2D eigenvalue weighted by atomic mass is 9.99. The van der Waals surface area contributed by atoms with Crippen molar-refractivity contribution >= 4 is 17.7 Å². The number of likely N-dealkylation sites (tertiary alicyclic amines) is 1. The maximum Gasteiger partial charge on any atom is 0.253 e. The first-order valence-electron chi connectivity index (χ1n) is 7.32. The quantitative estimate of drug-likeness (QED) is 0.906. The van der Waals surface area contributed by atoms with E-state index in [0.717, 1.165) is 37.2 Å². The van der Waals surface area contributed by atoms with Crippen LogP contribution in [-0.2, 0) is 6.42 Å². The molecule has 3 nitrogen and oxygen atoms in total. The third kappa shape index (κ3) is 4.00. The summed E-state index contributed by atoms with van der Waals surface area (Å²) in [5, 5.41) is 0. The van der Waals surface area contributed by atoms with Crippen molar-refractivity contribution in [1.29, 1.82) is 0 Å². The number of carbonyl (C=O) groups excluding carboxylic acids is 1. The van der Waals surface area contributed by atoms with Crippen LogP contribution in [0.15, 0.2) is 24.3 Å². The van der Waals surface area contributed by atoms with E-state index in [4.69, 9.17) is 5.73 Å². The van der Waals surface area contributed by atoms with Gasteiger partial charge in [-0.2, -0.15) is 11.8 Å². The second-order valence-electron chi connectivity index (χ2n) is 5.45. The van der Waals surface area contributed by atoms with Gasteiger partial charge in [-0.25, -0.2) is 0 Å². The molecule has 110 valence electrons. The number of benzene rings is 1. The molecule has 0 radical (unpaired) electrons. The largest absolute Gasteiger partial charge is 0.338 e. The van der Waals surface area contributed by atoms with Gasteiger partial charge in [0, 0.05) is 18.7 Å². The minimum atomic E-state index is 0.176. The summed E-state index contributed by atoms with van der Waals surface area (Å²) < 4.78 is 0. The first kappa shape index (κ1) is 15.4. The predicted octanol–water partition coefficient (Wildman–Crippen LogP) is 2.40. The van der Waals surface area contributed by atoms with Gasteiger partial charge in [-0.1, -0.05) is 12.1 Å². The van der Waals surface area contributed by atoms with Crippen molar-refractivity contribution in [3.63, 3.8) is 0 Å². The van der Waals surface area contributed by atoms with Crippen LogP contribution in [0, 0.1) is 5.92 Å². The number of nitrogens with zero attached hydrogens (tertiary/aromatic N) is 1. The lowest BCUT2D eigenvalue weighted by Crippen LogP contribution is -2.40. The molecule has 0 aromatic heterocycles. The second kappa shape index (κ2) is 7.70. The van der Waals surface area contributed by atoms with E-state index in [1.165, 1.54) is 12.0 Å². The Morgan fingerprint density at radius 2 is 2.15 bits per heavy atom. The molecule has 20 heavy (non-hydrogen) atoms. The van der Waals surface area contributed by atoms with Crippen LogP contribution in [0.3, 0.4) is 0 Å². The predicted molar refractivity (Wildman–Crippen MR) is 86.2 cm³/mol. The molecule has 0 spiro atoms. The molecule has 2 rings (SSSR count). The van der Waals surface area contributed by atoms with Crippen molar-refractivity contribution in [3.8, 4) is 0 Å². The zero-order chi connectivity index (χ0) is 14.4. The molecule has 0 saturated carbocycles. The molecular formula is C16H24N2OS. The number of carbonyl (C=O) groups is 1. The van der Waals surface area contributed by atoms with Crippen molar-refractivity contribution in [3.05, 3.63) is 35.4 Å². The summed E-state index contributed by atoms with van der Waals surface area (Å²) in [6, 6.07) is 7.91. The Bertz CT molecular complexity index is 431. The number of nitrogens with two attached hydrogens (primary N) is 1. The maximum absolute atomic E-state index is 12.5. The lowest BCUT2D eigenvalue weighted by Gasteiger charge is -2.32. The van der Waals surface area contributed by atoms with Crippen LogP contribution in [0.5, 0.6) is 0 Å². The van der Waals surface area contributed by atoms with E-state index in [1.807, 2.05) is 40.9 Å². The Balaban J connectivity index is 1.99. The van der Waals surface area contributed by atoms with E-state index in [0.29, 0.717) is 12.5 Å². The fourth-order valence-electron chi connectivity index (χ4n) is 2.78. The Hall–Kier alpha value is -1.00. The van der Waals surface area contributed by atoms with Crippen molar-refractivity contribution in [2.45, 2.75) is 19.3 Å². The lowest BCUT2D eigenvalue weighted by molar-refractivity contribution is 0.0685. The van der Waals surface area contributed by atoms with E-state index in [-0.39, 0.29) is 5.91 Å². The molecule has 1 saturated heterocycles. The standard InChI is InChI=1S/C16H24N2OS/c1-20-12-14-3-2-10-18(11-14)16(19)15-6-4-13(5-7-15)8-9-17/h4-7,14H,2-3,8-12,17H2,1H3/t14-/m0/s1. The fourth-order valence-corrected chi connectivity index (χ4v) is 3.53. The molecule has 1 aromatic rings. The highest BCUT2D eigenvalue weighted by molar-refractivity contribution is 7.98. The van der Waals surface area contributed by atoms with Gasteiger partial charge in [0.1, 0.15) is 0 Å². The molecule has 4 heteroatoms. The van der Waals surface area contributed by atoms with Crippen LogP contribution in [0.4, 0.5) is 0 Å². The Morgan fingerprint density at radius 1 is 1.40 bits per heavy atom. The molecule has 1 aliphatic rings. The SMILES string of the molecule is CSC[C@H]1CCCN(C(=O)c2ccc(CCN)cc2)C1. The minimum Gasteiger partial charge on any atom is -0.338 e. The van der Waals surface area contributed by atoms with Gasteiger partial charge in [0.15, 0.2) is 0 Å². The average molecular weight is 292 g/mol. The number of thioether (sulfide) groups is 1. The molecule has 2 N–H and O–H groups in total. The molecule has 1 heterocycles. The van der Waals surface area contributed by atoms with Crippen molar-refractivity contribution in [2.24, 2.45) is 11.7 Å². The molecule has 1 aliphatic heterocycles. The van der Waals surface area contributed by atoms with Gasteiger partial charge in [-0.3, -0.25) is 4.79 Å². The van der Waals surface area contributed by atoms with Gasteiger partial charge in [0.05, 0.1) is 0 Å². The smallest absolute Gasteiger partial charge is 0.253 e. The molecule has 0 bridgehead atoms. The van der Waals surface area contributed by atoms with E-state index < -0.39 is 0 Å². The number of hydrogen-bond donors (Lipinski definition) is 1. The van der Waals surface area contributed by atoms with E-state index in [1.54, 1.807) is 0 Å². The van der Waals surface area contributed by atoms with Crippen molar-refractivity contribution in [2.75, 3.05) is 31.6 Å². The summed E-state index contributed by atoms with van der Waals surface area (Å²) in [4.78, 5) is 14.5. The molecule has 0 aliphatic carbocycles. The first-order valence-corrected chi connectivity index (χ1v) is 8.71. The number of hydrogen-bond acceptors (Lipinski definition) is 3. The number of amides is 1. The van der Waals surface area contributed by atoms with Crippen molar-refractivity contribution in [1.82, 2.24) is 4.90 Å². The highest BCUT2D eigenvalue weighted by Crippen LogP contribution is 2.21. The molecular weight excluding hydrogens is 268 g/mol. The molecule has 1 amide bonds. The fraction of sp³-hybridized carbons (Fsp3) is 0.562. The van der Waals surface area contributed by atoms with Crippen LogP contribution < -0.4 is 5.73 Å². The summed E-state index contributed by atoms with van der Waals surface area (Å²) >= 11 is 1.88. The Morgan fingerprint density at radius 3 is 2.80 bits per heavy atom. The maximum atomic E-state index is 12.5. The summed E-state index contributed by atoms with van der Waals surface area (Å²) in [6.45, 7) is 2.45. The zero-order valence-corrected chi connectivity index (χ0v) is 13.0. The summed E-state index contributed by atoms with van der Waals surface area (Å²) in [6.07, 6.45) is 5.38. The van der Waals surface area contributed by atoms with Gasteiger partial charge in [-0.05, 0) is 61.4 Å². The highest BCUT2D eigenvalue weighted by atomic mass is 32.2. The third-order valence-corrected chi connectivity index (χ3v) is 4.65. The topological polar surface area (TPSA) is 46.3 Å². The van der Waals surface area contributed by atoms with E-state index in [2.05, 4.69) is 6.26 Å². The monoisotopic (exact) mass is 292 g/mol. The van der Waals surface area contributed by atoms with E-state index >= 15 is 0 Å². The average Bonchev–Trinajstić information content (AvgIpc) is 2.48. The third-order valence-electron chi connectivity index (χ3n) is 3.84. The number of rotatable bonds is 5. The van der Waals surface area contributed by atoms with Gasteiger partial charge < -0.3 is 10.6 Å². The van der Waals surface area contributed by atoms with Crippen LogP contribution in [-0.4, -0.2) is 42.4 Å². The van der Waals surface area contributed by atoms with Gasteiger partial charge in [-0.15, -0.1) is 0 Å². The molecule has 1 aromatic carbocycles.